The molecular formula is C18H27ClN2O3. The molecule has 0 bridgehead atoms. The fraction of sp³-hybridized carbons (Fsp3) is 0.500. The number of halogens is 1. The van der Waals surface area contributed by atoms with Crippen LogP contribution in [0.3, 0.4) is 0 Å². The Labute approximate surface area is 150 Å². The first-order chi connectivity index (χ1) is 10.9. The number of carbonyl (C=O) groups is 1. The van der Waals surface area contributed by atoms with Crippen molar-refractivity contribution in [1.82, 2.24) is 5.32 Å². The van der Waals surface area contributed by atoms with Crippen LogP contribution in [0.15, 0.2) is 23.8 Å². The van der Waals surface area contributed by atoms with Crippen LogP contribution in [0, 0.1) is 5.92 Å². The topological polar surface area (TPSA) is 73.6 Å². The summed E-state index contributed by atoms with van der Waals surface area (Å²) in [5.74, 6) is 1.81. The molecule has 0 aliphatic carbocycles. The molecule has 1 aromatic rings. The number of benzene rings is 1. The first kappa shape index (κ1) is 20.3. The molecule has 0 fully saturated rings. The van der Waals surface area contributed by atoms with Gasteiger partial charge in [0.15, 0.2) is 0 Å². The normalized spacial score (nSPS) is 15.3. The minimum absolute atomic E-state index is 0. The van der Waals surface area contributed by atoms with Gasteiger partial charge in [0.05, 0.1) is 12.7 Å². The molecule has 0 aromatic heterocycles. The van der Waals surface area contributed by atoms with Gasteiger partial charge in [-0.05, 0) is 43.5 Å². The SMILES string of the molecule is COc1ccc2c(c1)C=C(C(=O)NC(C)(CN)CC(C)C)CO2.Cl. The van der Waals surface area contributed by atoms with Crippen LogP contribution < -0.4 is 20.5 Å². The lowest BCUT2D eigenvalue weighted by molar-refractivity contribution is -0.119. The molecule has 0 saturated heterocycles. The van der Waals surface area contributed by atoms with E-state index in [2.05, 4.69) is 19.2 Å². The standard InChI is InChI=1S/C18H26N2O3.ClH/c1-12(2)9-18(3,11-19)20-17(21)14-7-13-8-15(22-4)5-6-16(13)23-10-14;/h5-8,12H,9-11,19H2,1-4H3,(H,20,21);1H. The lowest BCUT2D eigenvalue weighted by Crippen LogP contribution is -2.52. The van der Waals surface area contributed by atoms with Gasteiger partial charge in [0.25, 0.3) is 5.91 Å². The first-order valence-corrected chi connectivity index (χ1v) is 7.91. The highest BCUT2D eigenvalue weighted by Gasteiger charge is 2.28. The highest BCUT2D eigenvalue weighted by Crippen LogP contribution is 2.30. The molecule has 6 heteroatoms. The summed E-state index contributed by atoms with van der Waals surface area (Å²) < 4.78 is 10.9. The Morgan fingerprint density at radius 1 is 1.46 bits per heavy atom. The number of hydrogen-bond acceptors (Lipinski definition) is 4. The molecule has 1 atom stereocenters. The van der Waals surface area contributed by atoms with Crippen molar-refractivity contribution in [3.63, 3.8) is 0 Å². The van der Waals surface area contributed by atoms with Crippen molar-refractivity contribution < 1.29 is 14.3 Å². The Hall–Kier alpha value is -1.72. The van der Waals surface area contributed by atoms with Gasteiger partial charge in [-0.1, -0.05) is 13.8 Å². The molecular weight excluding hydrogens is 328 g/mol. The van der Waals surface area contributed by atoms with Crippen LogP contribution in [0.1, 0.15) is 32.8 Å². The zero-order valence-corrected chi connectivity index (χ0v) is 15.5. The van der Waals surface area contributed by atoms with Crippen molar-refractivity contribution in [3.05, 3.63) is 29.3 Å². The molecule has 1 heterocycles. The molecule has 0 radical (unpaired) electrons. The molecule has 24 heavy (non-hydrogen) atoms. The highest BCUT2D eigenvalue weighted by atomic mass is 35.5. The van der Waals surface area contributed by atoms with Gasteiger partial charge in [-0.15, -0.1) is 12.4 Å². The number of fused-ring (bicyclic) bond motifs is 1. The predicted octanol–water partition coefficient (Wildman–Crippen LogP) is 2.77. The minimum Gasteiger partial charge on any atom is -0.497 e. The van der Waals surface area contributed by atoms with Crippen LogP contribution in [0.4, 0.5) is 0 Å². The van der Waals surface area contributed by atoms with E-state index in [1.807, 2.05) is 31.2 Å². The molecule has 5 nitrogen and oxygen atoms in total. The molecule has 1 aliphatic heterocycles. The van der Waals surface area contributed by atoms with E-state index in [-0.39, 0.29) is 24.9 Å². The van der Waals surface area contributed by atoms with Crippen LogP contribution >= 0.6 is 12.4 Å². The summed E-state index contributed by atoms with van der Waals surface area (Å²) in [4.78, 5) is 12.6. The first-order valence-electron chi connectivity index (χ1n) is 7.91. The number of hydrogen-bond donors (Lipinski definition) is 2. The summed E-state index contributed by atoms with van der Waals surface area (Å²) in [6.07, 6.45) is 2.68. The minimum atomic E-state index is -0.416. The van der Waals surface area contributed by atoms with Gasteiger partial charge in [-0.2, -0.15) is 0 Å². The molecule has 1 amide bonds. The van der Waals surface area contributed by atoms with E-state index < -0.39 is 5.54 Å². The Kier molecular flexibility index (Phi) is 7.11. The lowest BCUT2D eigenvalue weighted by atomic mass is 9.90. The molecule has 0 spiro atoms. The summed E-state index contributed by atoms with van der Waals surface area (Å²) in [6, 6.07) is 5.55. The largest absolute Gasteiger partial charge is 0.497 e. The second kappa shape index (κ2) is 8.40. The van der Waals surface area contributed by atoms with Crippen molar-refractivity contribution >= 4 is 24.4 Å². The number of methoxy groups -OCH3 is 1. The molecule has 0 saturated carbocycles. The van der Waals surface area contributed by atoms with E-state index in [1.165, 1.54) is 0 Å². The fourth-order valence-electron chi connectivity index (χ4n) is 2.85. The number of ether oxygens (including phenoxy) is 2. The second-order valence-electron chi connectivity index (χ2n) is 6.68. The van der Waals surface area contributed by atoms with Gasteiger partial charge in [0, 0.05) is 17.6 Å². The average Bonchev–Trinajstić information content (AvgIpc) is 2.52. The van der Waals surface area contributed by atoms with Gasteiger partial charge in [-0.25, -0.2) is 0 Å². The van der Waals surface area contributed by atoms with E-state index in [0.29, 0.717) is 18.0 Å². The maximum absolute atomic E-state index is 12.6. The number of nitrogens with one attached hydrogen (secondary N) is 1. The third kappa shape index (κ3) is 4.89. The molecule has 1 aliphatic rings. The van der Waals surface area contributed by atoms with Crippen molar-refractivity contribution in [3.8, 4) is 11.5 Å². The highest BCUT2D eigenvalue weighted by molar-refractivity contribution is 5.99. The van der Waals surface area contributed by atoms with Crippen LogP contribution in [-0.2, 0) is 4.79 Å². The van der Waals surface area contributed by atoms with Crippen LogP contribution in [0.25, 0.3) is 6.08 Å². The van der Waals surface area contributed by atoms with Crippen molar-refractivity contribution in [2.24, 2.45) is 11.7 Å². The summed E-state index contributed by atoms with van der Waals surface area (Å²) in [6.45, 7) is 6.87. The molecule has 1 unspecified atom stereocenters. The Morgan fingerprint density at radius 2 is 2.17 bits per heavy atom. The number of carbonyl (C=O) groups excluding carboxylic acids is 1. The van der Waals surface area contributed by atoms with Crippen molar-refractivity contribution in [2.45, 2.75) is 32.7 Å². The monoisotopic (exact) mass is 354 g/mol. The fourth-order valence-corrected chi connectivity index (χ4v) is 2.85. The third-order valence-corrected chi connectivity index (χ3v) is 3.95. The van der Waals surface area contributed by atoms with Crippen molar-refractivity contribution in [2.75, 3.05) is 20.3 Å². The van der Waals surface area contributed by atoms with Crippen LogP contribution in [0.2, 0.25) is 0 Å². The molecule has 134 valence electrons. The van der Waals surface area contributed by atoms with E-state index in [9.17, 15) is 4.79 Å². The van der Waals surface area contributed by atoms with Gasteiger partial charge in [0.2, 0.25) is 0 Å². The lowest BCUT2D eigenvalue weighted by Gasteiger charge is -2.32. The quantitative estimate of drug-likeness (QED) is 0.823. The summed E-state index contributed by atoms with van der Waals surface area (Å²) >= 11 is 0. The second-order valence-corrected chi connectivity index (χ2v) is 6.68. The van der Waals surface area contributed by atoms with Gasteiger partial charge in [-0.3, -0.25) is 4.79 Å². The Bertz CT molecular complexity index is 616. The number of amides is 1. The summed E-state index contributed by atoms with van der Waals surface area (Å²) in [7, 11) is 1.61. The average molecular weight is 355 g/mol. The number of rotatable bonds is 6. The van der Waals surface area contributed by atoms with Gasteiger partial charge >= 0.3 is 0 Å². The predicted molar refractivity (Wildman–Crippen MR) is 98.8 cm³/mol. The summed E-state index contributed by atoms with van der Waals surface area (Å²) in [5.41, 5.74) is 6.89. The third-order valence-electron chi connectivity index (χ3n) is 3.95. The van der Waals surface area contributed by atoms with Crippen LogP contribution in [-0.4, -0.2) is 31.7 Å². The zero-order chi connectivity index (χ0) is 17.0. The van der Waals surface area contributed by atoms with Gasteiger partial charge in [0.1, 0.15) is 18.1 Å². The maximum Gasteiger partial charge on any atom is 0.251 e. The smallest absolute Gasteiger partial charge is 0.251 e. The molecule has 3 N–H and O–H groups in total. The van der Waals surface area contributed by atoms with Crippen LogP contribution in [0.5, 0.6) is 11.5 Å². The van der Waals surface area contributed by atoms with E-state index in [0.717, 1.165) is 23.5 Å². The zero-order valence-electron chi connectivity index (χ0n) is 14.7. The number of nitrogens with two attached hydrogens (primary N) is 1. The van der Waals surface area contributed by atoms with E-state index in [4.69, 9.17) is 15.2 Å². The van der Waals surface area contributed by atoms with E-state index >= 15 is 0 Å². The maximum atomic E-state index is 12.6. The summed E-state index contributed by atoms with van der Waals surface area (Å²) in [5, 5.41) is 3.06. The Morgan fingerprint density at radius 3 is 2.75 bits per heavy atom. The van der Waals surface area contributed by atoms with Gasteiger partial charge < -0.3 is 20.5 Å². The van der Waals surface area contributed by atoms with Crippen molar-refractivity contribution in [1.29, 1.82) is 0 Å². The van der Waals surface area contributed by atoms with E-state index in [1.54, 1.807) is 7.11 Å². The Balaban J connectivity index is 0.00000288. The molecule has 2 rings (SSSR count). The molecule has 1 aromatic carbocycles.